The molecule has 32 heavy (non-hydrogen) atoms. The van der Waals surface area contributed by atoms with E-state index in [9.17, 15) is 27.1 Å². The first-order valence-electron chi connectivity index (χ1n) is 9.49. The summed E-state index contributed by atoms with van der Waals surface area (Å²) >= 11 is 0. The molecule has 1 amide bonds. The van der Waals surface area contributed by atoms with Crippen LogP contribution in [0.5, 0.6) is 5.75 Å². The summed E-state index contributed by atoms with van der Waals surface area (Å²) in [5, 5.41) is 23.6. The lowest BCUT2D eigenvalue weighted by Crippen LogP contribution is -2.63. The van der Waals surface area contributed by atoms with Crippen molar-refractivity contribution in [1.82, 2.24) is 10.3 Å². The van der Waals surface area contributed by atoms with Gasteiger partial charge in [-0.2, -0.15) is 8.78 Å². The molecule has 3 rings (SSSR count). The van der Waals surface area contributed by atoms with Gasteiger partial charge in [0.15, 0.2) is 9.84 Å². The number of nitrogens with one attached hydrogen (secondary N) is 3. The third kappa shape index (κ3) is 5.56. The summed E-state index contributed by atoms with van der Waals surface area (Å²) in [6.07, 6.45) is 0.0467. The molecule has 1 aromatic heterocycles. The highest BCUT2D eigenvalue weighted by molar-refractivity contribution is 7.93. The number of amides is 1. The standard InChI is InChI=1S/C20H22F2N4O5S/c1-11(27)16(23)15-6-12(18(28)26-20(2)9-32(29,30)10-20)8-24-17(15)25-13-4-3-5-14(7-13)31-19(21)22/h3-8,11,19,23,27H,9-10H2,1-2H3,(H,24,25)(H,26,28). The summed E-state index contributed by atoms with van der Waals surface area (Å²) in [6, 6.07) is 7.04. The van der Waals surface area contributed by atoms with Gasteiger partial charge in [0.1, 0.15) is 11.6 Å². The molecule has 1 atom stereocenters. The molecule has 1 fully saturated rings. The number of ether oxygens (including phenoxy) is 1. The van der Waals surface area contributed by atoms with Gasteiger partial charge in [-0.3, -0.25) is 4.79 Å². The van der Waals surface area contributed by atoms with Crippen molar-refractivity contribution in [2.45, 2.75) is 32.1 Å². The van der Waals surface area contributed by atoms with E-state index in [2.05, 4.69) is 20.4 Å². The highest BCUT2D eigenvalue weighted by atomic mass is 32.2. The Labute approximate surface area is 183 Å². The topological polar surface area (TPSA) is 141 Å². The van der Waals surface area contributed by atoms with Crippen molar-refractivity contribution in [2.24, 2.45) is 0 Å². The molecule has 1 unspecified atom stereocenters. The Balaban J connectivity index is 1.87. The Kier molecular flexibility index (Phi) is 6.46. The molecule has 1 aliphatic rings. The zero-order valence-corrected chi connectivity index (χ0v) is 18.0. The molecule has 1 aromatic carbocycles. The van der Waals surface area contributed by atoms with E-state index in [4.69, 9.17) is 5.41 Å². The fourth-order valence-electron chi connectivity index (χ4n) is 3.35. The lowest BCUT2D eigenvalue weighted by Gasteiger charge is -2.38. The number of anilines is 2. The van der Waals surface area contributed by atoms with E-state index >= 15 is 0 Å². The van der Waals surface area contributed by atoms with Crippen LogP contribution < -0.4 is 15.4 Å². The van der Waals surface area contributed by atoms with Gasteiger partial charge in [-0.15, -0.1) is 0 Å². The molecule has 2 aromatic rings. The van der Waals surface area contributed by atoms with Gasteiger partial charge in [-0.05, 0) is 32.0 Å². The van der Waals surface area contributed by atoms with Crippen LogP contribution in [-0.4, -0.2) is 59.9 Å². The van der Waals surface area contributed by atoms with Crippen molar-refractivity contribution < 1.29 is 31.8 Å². The van der Waals surface area contributed by atoms with Gasteiger partial charge >= 0.3 is 6.61 Å². The molecule has 9 nitrogen and oxygen atoms in total. The number of halogens is 2. The van der Waals surface area contributed by atoms with E-state index in [1.165, 1.54) is 37.4 Å². The molecule has 12 heteroatoms. The first-order chi connectivity index (χ1) is 14.9. The normalized spacial score (nSPS) is 17.2. The number of pyridine rings is 1. The molecule has 0 radical (unpaired) electrons. The van der Waals surface area contributed by atoms with E-state index in [1.54, 1.807) is 13.0 Å². The average molecular weight is 468 g/mol. The maximum Gasteiger partial charge on any atom is 0.387 e. The second-order valence-electron chi connectivity index (χ2n) is 7.79. The van der Waals surface area contributed by atoms with Crippen LogP contribution in [0.15, 0.2) is 36.5 Å². The Morgan fingerprint density at radius 1 is 1.31 bits per heavy atom. The molecule has 0 aliphatic carbocycles. The zero-order chi connectivity index (χ0) is 23.7. The van der Waals surface area contributed by atoms with Gasteiger partial charge < -0.3 is 25.9 Å². The lowest BCUT2D eigenvalue weighted by molar-refractivity contribution is -0.0498. The molecular formula is C20H22F2N4O5S. The van der Waals surface area contributed by atoms with Gasteiger partial charge in [-0.25, -0.2) is 13.4 Å². The van der Waals surface area contributed by atoms with Crippen molar-refractivity contribution in [3.8, 4) is 5.75 Å². The van der Waals surface area contributed by atoms with Crippen molar-refractivity contribution in [3.63, 3.8) is 0 Å². The molecule has 2 heterocycles. The number of aliphatic hydroxyl groups excluding tert-OH is 1. The van der Waals surface area contributed by atoms with Gasteiger partial charge in [0.2, 0.25) is 0 Å². The number of hydrogen-bond donors (Lipinski definition) is 4. The van der Waals surface area contributed by atoms with Gasteiger partial charge in [0.25, 0.3) is 5.91 Å². The second-order valence-corrected chi connectivity index (χ2v) is 9.85. The smallest absolute Gasteiger partial charge is 0.387 e. The first-order valence-corrected chi connectivity index (χ1v) is 11.3. The van der Waals surface area contributed by atoms with Crippen LogP contribution >= 0.6 is 0 Å². The third-order valence-electron chi connectivity index (χ3n) is 4.67. The number of aliphatic hydroxyl groups is 1. The highest BCUT2D eigenvalue weighted by Crippen LogP contribution is 2.26. The quantitative estimate of drug-likeness (QED) is 0.435. The van der Waals surface area contributed by atoms with Crippen LogP contribution in [0.1, 0.15) is 29.8 Å². The van der Waals surface area contributed by atoms with Crippen LogP contribution in [0.3, 0.4) is 0 Å². The fourth-order valence-corrected chi connectivity index (χ4v) is 5.35. The van der Waals surface area contributed by atoms with E-state index in [-0.39, 0.29) is 39.9 Å². The maximum atomic E-state index is 12.6. The number of rotatable bonds is 8. The average Bonchev–Trinajstić information content (AvgIpc) is 2.65. The molecule has 0 spiro atoms. The monoisotopic (exact) mass is 468 g/mol. The molecule has 1 aliphatic heterocycles. The minimum atomic E-state index is -3.17. The summed E-state index contributed by atoms with van der Waals surface area (Å²) in [4.78, 5) is 16.8. The molecule has 0 bridgehead atoms. The number of sulfone groups is 1. The molecule has 172 valence electrons. The summed E-state index contributed by atoms with van der Waals surface area (Å²) in [7, 11) is -3.17. The van der Waals surface area contributed by atoms with Crippen LogP contribution in [0.2, 0.25) is 0 Å². The predicted molar refractivity (Wildman–Crippen MR) is 114 cm³/mol. The molecule has 0 saturated carbocycles. The SMILES string of the molecule is CC(O)C(=N)c1cc(C(=O)NC2(C)CS(=O)(=O)C2)cnc1Nc1cccc(OC(F)F)c1. The summed E-state index contributed by atoms with van der Waals surface area (Å²) in [5.41, 5.74) is -0.613. The number of aromatic nitrogens is 1. The summed E-state index contributed by atoms with van der Waals surface area (Å²) < 4.78 is 52.2. The number of nitrogens with zero attached hydrogens (tertiary/aromatic N) is 1. The predicted octanol–water partition coefficient (Wildman–Crippen LogP) is 2.09. The Morgan fingerprint density at radius 3 is 2.59 bits per heavy atom. The van der Waals surface area contributed by atoms with E-state index in [0.29, 0.717) is 5.69 Å². The number of carbonyl (C=O) groups excluding carboxylic acids is 1. The Morgan fingerprint density at radius 2 is 2.00 bits per heavy atom. The Bertz CT molecular complexity index is 1140. The highest BCUT2D eigenvalue weighted by Gasteiger charge is 2.45. The van der Waals surface area contributed by atoms with Crippen molar-refractivity contribution in [3.05, 3.63) is 47.7 Å². The minimum Gasteiger partial charge on any atom is -0.435 e. The van der Waals surface area contributed by atoms with Gasteiger partial charge in [-0.1, -0.05) is 6.07 Å². The van der Waals surface area contributed by atoms with Gasteiger partial charge in [0, 0.05) is 23.5 Å². The molecular weight excluding hydrogens is 446 g/mol. The fraction of sp³-hybridized carbons (Fsp3) is 0.350. The Hall–Kier alpha value is -3.12. The van der Waals surface area contributed by atoms with E-state index in [1.807, 2.05) is 0 Å². The minimum absolute atomic E-state index is 0.0660. The number of hydrogen-bond acceptors (Lipinski definition) is 8. The largest absolute Gasteiger partial charge is 0.435 e. The summed E-state index contributed by atoms with van der Waals surface area (Å²) in [6.45, 7) is -0.00806. The van der Waals surface area contributed by atoms with Crippen LogP contribution in [0.25, 0.3) is 0 Å². The molecule has 1 saturated heterocycles. The first kappa shape index (κ1) is 23.5. The van der Waals surface area contributed by atoms with E-state index < -0.39 is 34.0 Å². The van der Waals surface area contributed by atoms with Crippen molar-refractivity contribution >= 4 is 33.0 Å². The molecule has 4 N–H and O–H groups in total. The zero-order valence-electron chi connectivity index (χ0n) is 17.2. The third-order valence-corrected chi connectivity index (χ3v) is 6.83. The van der Waals surface area contributed by atoms with Crippen LogP contribution in [0.4, 0.5) is 20.3 Å². The summed E-state index contributed by atoms with van der Waals surface area (Å²) in [5.74, 6) is -0.900. The maximum absolute atomic E-state index is 12.6. The number of alkyl halides is 2. The number of benzene rings is 1. The van der Waals surface area contributed by atoms with E-state index in [0.717, 1.165) is 0 Å². The lowest BCUT2D eigenvalue weighted by atomic mass is 10.0. The van der Waals surface area contributed by atoms with Gasteiger partial charge in [0.05, 0.1) is 34.4 Å². The van der Waals surface area contributed by atoms with Crippen molar-refractivity contribution in [1.29, 1.82) is 5.41 Å². The van der Waals surface area contributed by atoms with Crippen molar-refractivity contribution in [2.75, 3.05) is 16.8 Å². The second kappa shape index (κ2) is 8.79. The van der Waals surface area contributed by atoms with Crippen LogP contribution in [0, 0.1) is 5.41 Å². The number of carbonyl (C=O) groups is 1. The van der Waals surface area contributed by atoms with Crippen LogP contribution in [-0.2, 0) is 9.84 Å².